The third-order valence-electron chi connectivity index (χ3n) is 6.91. The number of carbonyl (C=O) groups is 3. The van der Waals surface area contributed by atoms with E-state index in [1.54, 1.807) is 5.38 Å². The fraction of sp³-hybridized carbons (Fsp3) is 0.522. The Morgan fingerprint density at radius 1 is 1.39 bits per heavy atom. The van der Waals surface area contributed by atoms with Crippen LogP contribution in [-0.2, 0) is 19.2 Å². The lowest BCUT2D eigenvalue weighted by atomic mass is 9.71. The Kier molecular flexibility index (Phi) is 7.83. The number of amides is 1. The molecular weight excluding hydrogens is 506 g/mol. The number of nitrogens with zero attached hydrogens (tertiary/aromatic N) is 3. The molecule has 1 saturated carbocycles. The van der Waals surface area contributed by atoms with Gasteiger partial charge in [0.05, 0.1) is 44.3 Å². The van der Waals surface area contributed by atoms with E-state index in [1.165, 1.54) is 18.9 Å². The van der Waals surface area contributed by atoms with E-state index in [9.17, 15) is 24.6 Å². The predicted molar refractivity (Wildman–Crippen MR) is 137 cm³/mol. The molecule has 11 nitrogen and oxygen atoms in total. The number of aliphatic hydroxyl groups excluding tert-OH is 1. The molecule has 0 spiro atoms. The molecule has 4 rings (SSSR count). The number of ketones is 1. The first kappa shape index (κ1) is 26.3. The number of oxime groups is 1. The Labute approximate surface area is 216 Å². The van der Waals surface area contributed by atoms with Crippen molar-refractivity contribution in [3.8, 4) is 0 Å². The van der Waals surface area contributed by atoms with E-state index in [0.29, 0.717) is 11.3 Å². The molecule has 36 heavy (non-hydrogen) atoms. The number of rotatable bonds is 8. The van der Waals surface area contributed by atoms with Gasteiger partial charge in [0.1, 0.15) is 18.8 Å². The van der Waals surface area contributed by atoms with Gasteiger partial charge in [0.15, 0.2) is 16.6 Å². The summed E-state index contributed by atoms with van der Waals surface area (Å²) in [6.45, 7) is 2.44. The number of carbonyl (C=O) groups excluding carboxylic acids is 2. The summed E-state index contributed by atoms with van der Waals surface area (Å²) in [7, 11) is 3.42. The van der Waals surface area contributed by atoms with Gasteiger partial charge >= 0.3 is 5.97 Å². The van der Waals surface area contributed by atoms with Crippen LogP contribution >= 0.6 is 23.1 Å². The number of quaternary nitrogens is 1. The highest BCUT2D eigenvalue weighted by molar-refractivity contribution is 8.00. The van der Waals surface area contributed by atoms with Crippen LogP contribution in [0.2, 0.25) is 0 Å². The van der Waals surface area contributed by atoms with Crippen LogP contribution in [0.25, 0.3) is 0 Å². The zero-order chi connectivity index (χ0) is 26.0. The fourth-order valence-electron chi connectivity index (χ4n) is 4.83. The summed E-state index contributed by atoms with van der Waals surface area (Å²) in [6, 6.07) is -0.838. The lowest BCUT2D eigenvalue weighted by Gasteiger charge is -2.46. The van der Waals surface area contributed by atoms with Crippen molar-refractivity contribution < 1.29 is 33.9 Å². The Hall–Kier alpha value is -2.74. The second kappa shape index (κ2) is 10.7. The van der Waals surface area contributed by atoms with Crippen molar-refractivity contribution in [2.24, 2.45) is 11.1 Å². The minimum atomic E-state index is -1.12. The molecule has 13 heteroatoms. The van der Waals surface area contributed by atoms with Gasteiger partial charge in [-0.2, -0.15) is 11.8 Å². The number of likely N-dealkylation sites (N-methyl/N-ethyl adjacent to an activating group) is 1. The summed E-state index contributed by atoms with van der Waals surface area (Å²) in [6.07, 6.45) is 5.04. The Morgan fingerprint density at radius 2 is 2.11 bits per heavy atom. The van der Waals surface area contributed by atoms with Crippen molar-refractivity contribution >= 4 is 51.6 Å². The number of piperidine rings is 1. The zero-order valence-electron chi connectivity index (χ0n) is 20.0. The van der Waals surface area contributed by atoms with Crippen LogP contribution in [0, 0.1) is 5.92 Å². The quantitative estimate of drug-likeness (QED) is 0.209. The second-order valence-electron chi connectivity index (χ2n) is 9.43. The van der Waals surface area contributed by atoms with Gasteiger partial charge in [-0.15, -0.1) is 11.3 Å². The van der Waals surface area contributed by atoms with Gasteiger partial charge in [0.2, 0.25) is 0 Å². The minimum absolute atomic E-state index is 0.0975. The number of fused-ring (bicyclic) bond motifs is 1. The summed E-state index contributed by atoms with van der Waals surface area (Å²) in [5, 5.41) is 27.5. The monoisotopic (exact) mass is 536 g/mol. The van der Waals surface area contributed by atoms with E-state index in [2.05, 4.69) is 22.5 Å². The van der Waals surface area contributed by atoms with Crippen LogP contribution in [0.1, 0.15) is 18.5 Å². The van der Waals surface area contributed by atoms with Crippen LogP contribution in [0.3, 0.4) is 0 Å². The van der Waals surface area contributed by atoms with Crippen LogP contribution in [0.4, 0.5) is 5.13 Å². The lowest BCUT2D eigenvalue weighted by molar-refractivity contribution is -0.909. The van der Waals surface area contributed by atoms with Crippen molar-refractivity contribution in [2.45, 2.75) is 30.2 Å². The number of likely N-dealkylation sites (tertiary alicyclic amines) is 1. The Balaban J connectivity index is 1.46. The molecule has 1 aliphatic carbocycles. The highest BCUT2D eigenvalue weighted by Gasteiger charge is 2.56. The Morgan fingerprint density at radius 3 is 2.72 bits per heavy atom. The number of aliphatic hydroxyl groups is 1. The van der Waals surface area contributed by atoms with Gasteiger partial charge in [-0.05, 0) is 11.6 Å². The SMILES string of the molecule is CO/N=C(\C(=O)N[C@@H]1C(=O)C2C(C(=O)O)=C(/C=C/C[N+]3(C)CCC(O)CC3)CS[C@@H]21)c1csc(N)n1. The number of allylic oxidation sites excluding steroid dienone is 1. The minimum Gasteiger partial charge on any atom is -0.478 e. The number of carboxylic acid groups (broad SMARTS) is 1. The summed E-state index contributed by atoms with van der Waals surface area (Å²) in [4.78, 5) is 46.9. The highest BCUT2D eigenvalue weighted by atomic mass is 32.2. The molecule has 3 heterocycles. The Bertz CT molecular complexity index is 1140. The average Bonchev–Trinajstić information content (AvgIpc) is 3.28. The molecule has 5 N–H and O–H groups in total. The largest absolute Gasteiger partial charge is 0.478 e. The normalized spacial score (nSPS) is 30.6. The molecule has 2 aliphatic heterocycles. The predicted octanol–water partition coefficient (Wildman–Crippen LogP) is 0.414. The van der Waals surface area contributed by atoms with Gasteiger partial charge in [0.25, 0.3) is 5.91 Å². The van der Waals surface area contributed by atoms with Crippen LogP contribution < -0.4 is 11.1 Å². The number of hydrogen-bond acceptors (Lipinski definition) is 10. The van der Waals surface area contributed by atoms with Crippen molar-refractivity contribution in [1.29, 1.82) is 0 Å². The maximum absolute atomic E-state index is 13.0. The van der Waals surface area contributed by atoms with Gasteiger partial charge < -0.3 is 30.6 Å². The molecule has 1 aromatic rings. The number of thioether (sulfide) groups is 1. The molecule has 0 aromatic carbocycles. The summed E-state index contributed by atoms with van der Waals surface area (Å²) in [5.41, 5.74) is 6.49. The third kappa shape index (κ3) is 5.33. The van der Waals surface area contributed by atoms with E-state index in [-0.39, 0.29) is 39.2 Å². The first-order chi connectivity index (χ1) is 17.1. The van der Waals surface area contributed by atoms with Crippen LogP contribution in [0.5, 0.6) is 0 Å². The van der Waals surface area contributed by atoms with E-state index >= 15 is 0 Å². The maximum Gasteiger partial charge on any atom is 0.332 e. The number of anilines is 1. The molecular formula is C23H30N5O6S2+. The van der Waals surface area contributed by atoms with E-state index < -0.39 is 23.8 Å². The standard InChI is InChI=1S/C23H29N5O6S2/c1-28(8-5-13(29)6-9-28)7-3-4-12-10-35-20-16(15(12)22(32)33)19(30)18(20)26-21(31)17(27-34-2)14-11-36-23(24)25-14/h3-4,11,13,16,18,20,29H,5-10H2,1-2H3,(H3-,24,25,26,31,32,33)/p+1/b4-3+,27-17-/t13?,16?,18-,20+,28?/m1/s1. The third-order valence-corrected chi connectivity index (χ3v) is 8.99. The molecule has 1 unspecified atom stereocenters. The number of nitrogens with one attached hydrogen (secondary N) is 1. The molecule has 0 radical (unpaired) electrons. The number of Topliss-reactive ketones (excluding diaryl/α,β-unsaturated/α-hetero) is 1. The van der Waals surface area contributed by atoms with E-state index in [4.69, 9.17) is 10.6 Å². The van der Waals surface area contributed by atoms with Gasteiger partial charge in [-0.3, -0.25) is 9.59 Å². The molecule has 1 amide bonds. The summed E-state index contributed by atoms with van der Waals surface area (Å²) in [5.74, 6) is -2.48. The van der Waals surface area contributed by atoms with E-state index in [0.717, 1.165) is 48.3 Å². The van der Waals surface area contributed by atoms with Crippen molar-refractivity contribution in [2.75, 3.05) is 45.3 Å². The number of nitrogen functional groups attached to an aromatic ring is 1. The molecule has 3 atom stereocenters. The van der Waals surface area contributed by atoms with Crippen molar-refractivity contribution in [3.05, 3.63) is 34.4 Å². The van der Waals surface area contributed by atoms with Gasteiger partial charge in [0, 0.05) is 29.2 Å². The van der Waals surface area contributed by atoms with E-state index in [1.807, 2.05) is 12.2 Å². The lowest BCUT2D eigenvalue weighted by Crippen LogP contribution is -2.65. The van der Waals surface area contributed by atoms with Gasteiger partial charge in [-0.1, -0.05) is 11.2 Å². The number of carboxylic acids is 1. The molecule has 1 aromatic heterocycles. The second-order valence-corrected chi connectivity index (χ2v) is 11.5. The van der Waals surface area contributed by atoms with Gasteiger partial charge in [-0.25, -0.2) is 9.78 Å². The summed E-state index contributed by atoms with van der Waals surface area (Å²) >= 11 is 2.60. The number of hydrogen-bond donors (Lipinski definition) is 4. The topological polar surface area (TPSA) is 164 Å². The molecule has 0 bridgehead atoms. The highest BCUT2D eigenvalue weighted by Crippen LogP contribution is 2.45. The average molecular weight is 537 g/mol. The van der Waals surface area contributed by atoms with Crippen LogP contribution in [0.15, 0.2) is 33.8 Å². The van der Waals surface area contributed by atoms with Crippen molar-refractivity contribution in [3.63, 3.8) is 0 Å². The molecule has 2 fully saturated rings. The molecule has 1 saturated heterocycles. The fourth-order valence-corrected chi connectivity index (χ4v) is 6.86. The first-order valence-corrected chi connectivity index (χ1v) is 13.5. The van der Waals surface area contributed by atoms with Crippen LogP contribution in [-0.4, -0.2) is 100.0 Å². The number of aromatic nitrogens is 1. The molecule has 3 aliphatic rings. The zero-order valence-corrected chi connectivity index (χ0v) is 21.7. The molecule has 194 valence electrons. The maximum atomic E-state index is 13.0. The number of nitrogens with two attached hydrogens (primary N) is 1. The van der Waals surface area contributed by atoms with Crippen molar-refractivity contribution in [1.82, 2.24) is 10.3 Å². The summed E-state index contributed by atoms with van der Waals surface area (Å²) < 4.78 is 0.783. The number of aliphatic carboxylic acids is 1. The smallest absolute Gasteiger partial charge is 0.332 e. The first-order valence-electron chi connectivity index (χ1n) is 11.6. The number of thiazole rings is 1.